The molecular formula is C21H30O2. The van der Waals surface area contributed by atoms with E-state index in [9.17, 15) is 5.11 Å². The lowest BCUT2D eigenvalue weighted by molar-refractivity contribution is -0.159. The molecule has 1 N–H and O–H groups in total. The van der Waals surface area contributed by atoms with Gasteiger partial charge in [0.15, 0.2) is 0 Å². The molecule has 1 saturated heterocycles. The number of ether oxygens (including phenoxy) is 1. The molecule has 0 aromatic heterocycles. The zero-order chi connectivity index (χ0) is 16.6. The summed E-state index contributed by atoms with van der Waals surface area (Å²) in [4.78, 5) is 0. The molecule has 0 aromatic carbocycles. The minimum Gasteiger partial charge on any atom is -0.512 e. The van der Waals surface area contributed by atoms with E-state index in [1.54, 1.807) is 0 Å². The summed E-state index contributed by atoms with van der Waals surface area (Å²) in [6.45, 7) is 8.76. The summed E-state index contributed by atoms with van der Waals surface area (Å²) in [5.41, 5.74) is 2.44. The molecule has 2 heteroatoms. The molecule has 3 rings (SSSR count). The van der Waals surface area contributed by atoms with Crippen molar-refractivity contribution in [2.24, 2.45) is 17.8 Å². The molecule has 0 saturated carbocycles. The molecule has 1 fully saturated rings. The van der Waals surface area contributed by atoms with Gasteiger partial charge in [-0.1, -0.05) is 49.6 Å². The van der Waals surface area contributed by atoms with Crippen molar-refractivity contribution in [3.63, 3.8) is 0 Å². The number of aliphatic hydroxyl groups excluding tert-OH is 1. The molecule has 0 bridgehead atoms. The average molecular weight is 314 g/mol. The van der Waals surface area contributed by atoms with E-state index in [0.29, 0.717) is 17.6 Å². The summed E-state index contributed by atoms with van der Waals surface area (Å²) in [5, 5.41) is 10.6. The Morgan fingerprint density at radius 3 is 2.74 bits per heavy atom. The molecule has 3 aliphatic rings. The fraction of sp³-hybridized carbons (Fsp3) is 0.619. The van der Waals surface area contributed by atoms with Crippen LogP contribution in [0.5, 0.6) is 0 Å². The highest BCUT2D eigenvalue weighted by molar-refractivity contribution is 5.35. The molecule has 0 amide bonds. The third-order valence-electron chi connectivity index (χ3n) is 5.65. The normalized spacial score (nSPS) is 34.9. The van der Waals surface area contributed by atoms with Crippen molar-refractivity contribution in [2.75, 3.05) is 0 Å². The Bertz CT molecular complexity index is 577. The molecular weight excluding hydrogens is 284 g/mol. The largest absolute Gasteiger partial charge is 0.512 e. The number of fused-ring (bicyclic) bond motifs is 3. The van der Waals surface area contributed by atoms with Crippen LogP contribution in [0.3, 0.4) is 0 Å². The third kappa shape index (κ3) is 3.06. The predicted octanol–water partition coefficient (Wildman–Crippen LogP) is 5.49. The van der Waals surface area contributed by atoms with Gasteiger partial charge >= 0.3 is 0 Å². The van der Waals surface area contributed by atoms with Crippen LogP contribution in [0.1, 0.15) is 53.4 Å². The number of hydrogen-bond acceptors (Lipinski definition) is 2. The van der Waals surface area contributed by atoms with Crippen molar-refractivity contribution in [2.45, 2.75) is 65.1 Å². The number of rotatable bonds is 4. The van der Waals surface area contributed by atoms with Crippen LogP contribution < -0.4 is 0 Å². The smallest absolute Gasteiger partial charge is 0.0989 e. The van der Waals surface area contributed by atoms with E-state index in [4.69, 9.17) is 4.74 Å². The summed E-state index contributed by atoms with van der Waals surface area (Å²) >= 11 is 0. The van der Waals surface area contributed by atoms with Gasteiger partial charge in [0.1, 0.15) is 0 Å². The van der Waals surface area contributed by atoms with Crippen molar-refractivity contribution in [3.05, 3.63) is 47.3 Å². The summed E-state index contributed by atoms with van der Waals surface area (Å²) in [6, 6.07) is 0. The van der Waals surface area contributed by atoms with Crippen molar-refractivity contribution >= 4 is 0 Å². The molecule has 1 aliphatic heterocycles. The SMILES string of the molecule is CCCCCC1=CC=C(O)[C@H]2[C@@H]3C=C(C)C=C[C@H]3C(C)(C)O[C@H]12. The van der Waals surface area contributed by atoms with Crippen molar-refractivity contribution < 1.29 is 9.84 Å². The Hall–Kier alpha value is -1.28. The molecule has 1 heterocycles. The average Bonchev–Trinajstić information content (AvgIpc) is 2.48. The highest BCUT2D eigenvalue weighted by atomic mass is 16.5. The fourth-order valence-corrected chi connectivity index (χ4v) is 4.41. The number of aliphatic hydroxyl groups is 1. The second-order valence-electron chi connectivity index (χ2n) is 7.83. The quantitative estimate of drug-likeness (QED) is 0.695. The second-order valence-corrected chi connectivity index (χ2v) is 7.83. The van der Waals surface area contributed by atoms with Crippen LogP contribution in [0.2, 0.25) is 0 Å². The fourth-order valence-electron chi connectivity index (χ4n) is 4.41. The van der Waals surface area contributed by atoms with Crippen LogP contribution >= 0.6 is 0 Å². The van der Waals surface area contributed by atoms with E-state index in [2.05, 4.69) is 52.0 Å². The van der Waals surface area contributed by atoms with Gasteiger partial charge < -0.3 is 9.84 Å². The number of hydrogen-bond donors (Lipinski definition) is 1. The Balaban J connectivity index is 1.91. The van der Waals surface area contributed by atoms with Crippen LogP contribution in [-0.2, 0) is 4.74 Å². The molecule has 0 unspecified atom stereocenters. The van der Waals surface area contributed by atoms with Crippen LogP contribution in [-0.4, -0.2) is 16.8 Å². The molecule has 2 aliphatic carbocycles. The lowest BCUT2D eigenvalue weighted by Gasteiger charge is -2.52. The maximum Gasteiger partial charge on any atom is 0.0989 e. The predicted molar refractivity (Wildman–Crippen MR) is 95.3 cm³/mol. The summed E-state index contributed by atoms with van der Waals surface area (Å²) in [5.74, 6) is 1.19. The minimum absolute atomic E-state index is 0.0173. The van der Waals surface area contributed by atoms with Gasteiger partial charge in [-0.05, 0) is 51.2 Å². The number of allylic oxidation sites excluding steroid dienone is 5. The van der Waals surface area contributed by atoms with Gasteiger partial charge in [-0.2, -0.15) is 0 Å². The first-order valence-electron chi connectivity index (χ1n) is 9.08. The van der Waals surface area contributed by atoms with Gasteiger partial charge in [-0.25, -0.2) is 0 Å². The molecule has 4 atom stereocenters. The molecule has 0 radical (unpaired) electrons. The highest BCUT2D eigenvalue weighted by Crippen LogP contribution is 2.50. The molecule has 23 heavy (non-hydrogen) atoms. The summed E-state index contributed by atoms with van der Waals surface area (Å²) in [6.07, 6.45) is 15.6. The zero-order valence-corrected chi connectivity index (χ0v) is 14.9. The topological polar surface area (TPSA) is 29.5 Å². The van der Waals surface area contributed by atoms with E-state index >= 15 is 0 Å². The summed E-state index contributed by atoms with van der Waals surface area (Å²) < 4.78 is 6.55. The van der Waals surface area contributed by atoms with Crippen molar-refractivity contribution in [3.8, 4) is 0 Å². The first-order chi connectivity index (χ1) is 10.9. The Morgan fingerprint density at radius 2 is 2.00 bits per heavy atom. The third-order valence-corrected chi connectivity index (χ3v) is 5.65. The highest BCUT2D eigenvalue weighted by Gasteiger charge is 2.51. The Labute approximate surface area is 140 Å². The van der Waals surface area contributed by atoms with Crippen molar-refractivity contribution in [1.82, 2.24) is 0 Å². The van der Waals surface area contributed by atoms with Crippen molar-refractivity contribution in [1.29, 1.82) is 0 Å². The van der Waals surface area contributed by atoms with E-state index in [-0.39, 0.29) is 17.6 Å². The molecule has 126 valence electrons. The van der Waals surface area contributed by atoms with Gasteiger partial charge in [0, 0.05) is 5.92 Å². The van der Waals surface area contributed by atoms with E-state index < -0.39 is 0 Å². The van der Waals surface area contributed by atoms with E-state index in [0.717, 1.165) is 6.42 Å². The maximum absolute atomic E-state index is 10.6. The lowest BCUT2D eigenvalue weighted by atomic mass is 9.64. The van der Waals surface area contributed by atoms with E-state index in [1.807, 2.05) is 6.08 Å². The van der Waals surface area contributed by atoms with Crippen LogP contribution in [0.25, 0.3) is 0 Å². The molecule has 0 spiro atoms. The minimum atomic E-state index is -0.207. The van der Waals surface area contributed by atoms with Gasteiger partial charge in [0.2, 0.25) is 0 Å². The van der Waals surface area contributed by atoms with Gasteiger partial charge in [0.25, 0.3) is 0 Å². The van der Waals surface area contributed by atoms with E-state index in [1.165, 1.54) is 30.4 Å². The van der Waals surface area contributed by atoms with Crippen LogP contribution in [0.4, 0.5) is 0 Å². The maximum atomic E-state index is 10.6. The monoisotopic (exact) mass is 314 g/mol. The van der Waals surface area contributed by atoms with Crippen LogP contribution in [0.15, 0.2) is 47.3 Å². The van der Waals surface area contributed by atoms with Crippen LogP contribution in [0, 0.1) is 17.8 Å². The Kier molecular flexibility index (Phi) is 4.55. The Morgan fingerprint density at radius 1 is 1.22 bits per heavy atom. The van der Waals surface area contributed by atoms with Gasteiger partial charge in [-0.15, -0.1) is 0 Å². The first-order valence-corrected chi connectivity index (χ1v) is 9.08. The number of unbranched alkanes of at least 4 members (excludes halogenated alkanes) is 2. The second kappa shape index (κ2) is 6.32. The zero-order valence-electron chi connectivity index (χ0n) is 14.9. The first kappa shape index (κ1) is 16.6. The molecule has 0 aromatic rings. The molecule has 2 nitrogen and oxygen atoms in total. The summed E-state index contributed by atoms with van der Waals surface area (Å²) in [7, 11) is 0. The van der Waals surface area contributed by atoms with Gasteiger partial charge in [-0.3, -0.25) is 0 Å². The standard InChI is InChI=1S/C21H30O2/c1-5-6-7-8-15-10-12-18(22)19-16-13-14(2)9-11-17(16)21(3,4)23-20(15)19/h9-13,16-17,19-20,22H,5-8H2,1-4H3/t16-,17-,19-,20-/m1/s1. The lowest BCUT2D eigenvalue weighted by Crippen LogP contribution is -2.54. The van der Waals surface area contributed by atoms with Gasteiger partial charge in [0.05, 0.1) is 23.4 Å².